The van der Waals surface area contributed by atoms with Crippen molar-refractivity contribution in [2.75, 3.05) is 6.54 Å². The number of aliphatic imine (C=N–C) groups is 1. The Morgan fingerprint density at radius 3 is 2.31 bits per heavy atom. The lowest BCUT2D eigenvalue weighted by Gasteiger charge is -2.28. The summed E-state index contributed by atoms with van der Waals surface area (Å²) in [4.78, 5) is 29.9. The zero-order valence-corrected chi connectivity index (χ0v) is 18.9. The van der Waals surface area contributed by atoms with Gasteiger partial charge in [0, 0.05) is 31.3 Å². The summed E-state index contributed by atoms with van der Waals surface area (Å²) in [5.41, 5.74) is -1.50. The van der Waals surface area contributed by atoms with Crippen molar-refractivity contribution in [1.29, 1.82) is 0 Å². The average molecular weight is 505 g/mol. The van der Waals surface area contributed by atoms with Gasteiger partial charge in [-0.25, -0.2) is 18.0 Å². The largest absolute Gasteiger partial charge is 0.451 e. The normalized spacial score (nSPS) is 14.7. The van der Waals surface area contributed by atoms with Crippen LogP contribution in [0.5, 0.6) is 0 Å². The van der Waals surface area contributed by atoms with Crippen LogP contribution in [-0.2, 0) is 35.2 Å². The Labute approximate surface area is 195 Å². The van der Waals surface area contributed by atoms with E-state index in [4.69, 9.17) is 4.74 Å². The monoisotopic (exact) mass is 505 g/mol. The zero-order chi connectivity index (χ0) is 26.1. The predicted octanol–water partition coefficient (Wildman–Crippen LogP) is 4.07. The van der Waals surface area contributed by atoms with Gasteiger partial charge in [0.1, 0.15) is 11.4 Å². The van der Waals surface area contributed by atoms with Crippen molar-refractivity contribution in [2.24, 2.45) is 4.99 Å². The summed E-state index contributed by atoms with van der Waals surface area (Å²) in [7, 11) is 0. The first-order valence-corrected chi connectivity index (χ1v) is 10.3. The molecule has 1 aliphatic rings. The van der Waals surface area contributed by atoms with Gasteiger partial charge in [0.15, 0.2) is 17.5 Å². The van der Waals surface area contributed by atoms with Crippen molar-refractivity contribution < 1.29 is 40.7 Å². The Bertz CT molecular complexity index is 1170. The van der Waals surface area contributed by atoms with Crippen LogP contribution in [0.1, 0.15) is 44.4 Å². The predicted molar refractivity (Wildman–Crippen MR) is 109 cm³/mol. The number of fused-ring (bicyclic) bond motifs is 1. The van der Waals surface area contributed by atoms with E-state index in [9.17, 15) is 35.9 Å². The Balaban J connectivity index is 1.82. The smallest absolute Gasteiger partial charge is 0.442 e. The van der Waals surface area contributed by atoms with Crippen LogP contribution in [0.25, 0.3) is 0 Å². The first kappa shape index (κ1) is 26.2. The molecule has 0 fully saturated rings. The minimum atomic E-state index is -4.71. The summed E-state index contributed by atoms with van der Waals surface area (Å²) in [6.07, 6.45) is -6.87. The fourth-order valence-electron chi connectivity index (χ4n) is 3.34. The van der Waals surface area contributed by atoms with Gasteiger partial charge in [-0.1, -0.05) is 0 Å². The van der Waals surface area contributed by atoms with Gasteiger partial charge in [-0.2, -0.15) is 18.2 Å². The maximum Gasteiger partial charge on any atom is 0.451 e. The van der Waals surface area contributed by atoms with Crippen LogP contribution >= 0.6 is 0 Å². The molecule has 0 spiro atoms. The van der Waals surface area contributed by atoms with Gasteiger partial charge in [0.2, 0.25) is 11.7 Å². The average Bonchev–Trinajstić information content (AvgIpc) is 3.14. The molecule has 0 atom stereocenters. The standard InChI is InChI=1S/C21H21F6N5O3/c1-20(2,3)35-19(34)28-12(6-11-7-14(23)15(24)9-13(11)22)8-17(33)31-4-5-32-16(10-31)29-30-18(32)21(25,26)27/h7,9H,4-6,8,10H2,1-3H3. The fraction of sp³-hybridized carbons (Fsp3) is 0.476. The van der Waals surface area contributed by atoms with Crippen LogP contribution in [0.3, 0.4) is 0 Å². The minimum Gasteiger partial charge on any atom is -0.442 e. The Kier molecular flexibility index (Phi) is 7.22. The molecule has 0 unspecified atom stereocenters. The van der Waals surface area contributed by atoms with Gasteiger partial charge >= 0.3 is 12.3 Å². The van der Waals surface area contributed by atoms with Crippen molar-refractivity contribution in [2.45, 2.75) is 58.5 Å². The molecule has 8 nitrogen and oxygen atoms in total. The van der Waals surface area contributed by atoms with E-state index < -0.39 is 59.9 Å². The number of carbonyl (C=O) groups is 2. The molecule has 0 aliphatic carbocycles. The lowest BCUT2D eigenvalue weighted by Crippen LogP contribution is -2.40. The van der Waals surface area contributed by atoms with Crippen LogP contribution in [0.4, 0.5) is 31.1 Å². The molecule has 190 valence electrons. The number of carbonyl (C=O) groups excluding carboxylic acids is 2. The molecular weight excluding hydrogens is 484 g/mol. The summed E-state index contributed by atoms with van der Waals surface area (Å²) >= 11 is 0. The number of hydrogen-bond acceptors (Lipinski definition) is 5. The van der Waals surface area contributed by atoms with Crippen LogP contribution < -0.4 is 0 Å². The molecule has 0 radical (unpaired) electrons. The third kappa shape index (κ3) is 6.57. The van der Waals surface area contributed by atoms with E-state index in [2.05, 4.69) is 15.2 Å². The van der Waals surface area contributed by atoms with Crippen molar-refractivity contribution in [1.82, 2.24) is 19.7 Å². The third-order valence-corrected chi connectivity index (χ3v) is 4.84. The number of nitrogens with zero attached hydrogens (tertiary/aromatic N) is 5. The summed E-state index contributed by atoms with van der Waals surface area (Å²) in [5, 5.41) is 6.62. The van der Waals surface area contributed by atoms with Crippen molar-refractivity contribution in [3.63, 3.8) is 0 Å². The van der Waals surface area contributed by atoms with Gasteiger partial charge in [0.25, 0.3) is 0 Å². The summed E-state index contributed by atoms with van der Waals surface area (Å²) in [6.45, 7) is 4.07. The zero-order valence-electron chi connectivity index (χ0n) is 18.9. The highest BCUT2D eigenvalue weighted by molar-refractivity contribution is 6.05. The van der Waals surface area contributed by atoms with Gasteiger partial charge in [-0.05, 0) is 32.4 Å². The molecular formula is C21H21F6N5O3. The van der Waals surface area contributed by atoms with E-state index in [-0.39, 0.29) is 36.7 Å². The van der Waals surface area contributed by atoms with Gasteiger partial charge in [0.05, 0.1) is 13.0 Å². The van der Waals surface area contributed by atoms with Crippen molar-refractivity contribution in [3.05, 3.63) is 46.8 Å². The van der Waals surface area contributed by atoms with Crippen LogP contribution in [0.15, 0.2) is 17.1 Å². The lowest BCUT2D eigenvalue weighted by atomic mass is 10.0. The molecule has 1 aliphatic heterocycles. The van der Waals surface area contributed by atoms with Gasteiger partial charge in [-0.3, -0.25) is 4.79 Å². The first-order valence-electron chi connectivity index (χ1n) is 10.3. The SMILES string of the molecule is CC(C)(C)OC(=O)N=C(CC(=O)N1CCn2c(nnc2C(F)(F)F)C1)Cc1cc(F)c(F)cc1F. The third-order valence-electron chi connectivity index (χ3n) is 4.84. The Morgan fingerprint density at radius 1 is 1.03 bits per heavy atom. The minimum absolute atomic E-state index is 0.0887. The molecule has 3 rings (SSSR count). The number of amides is 2. The highest BCUT2D eigenvalue weighted by Gasteiger charge is 2.40. The van der Waals surface area contributed by atoms with E-state index in [0.717, 1.165) is 4.57 Å². The first-order chi connectivity index (χ1) is 16.1. The van der Waals surface area contributed by atoms with E-state index in [1.165, 1.54) is 4.90 Å². The second kappa shape index (κ2) is 9.66. The summed E-state index contributed by atoms with van der Waals surface area (Å²) < 4.78 is 86.1. The summed E-state index contributed by atoms with van der Waals surface area (Å²) in [5.74, 6) is -5.78. The fourth-order valence-corrected chi connectivity index (χ4v) is 3.34. The number of benzene rings is 1. The molecule has 0 bridgehead atoms. The summed E-state index contributed by atoms with van der Waals surface area (Å²) in [6, 6.07) is 0.912. The number of halogens is 6. The number of alkyl halides is 3. The van der Waals surface area contributed by atoms with E-state index in [1.54, 1.807) is 20.8 Å². The lowest BCUT2D eigenvalue weighted by molar-refractivity contribution is -0.148. The molecule has 2 amide bonds. The molecule has 0 N–H and O–H groups in total. The van der Waals surface area contributed by atoms with E-state index in [1.807, 2.05) is 0 Å². The molecule has 35 heavy (non-hydrogen) atoms. The van der Waals surface area contributed by atoms with Gasteiger partial charge in [-0.15, -0.1) is 10.2 Å². The molecule has 1 aromatic heterocycles. The molecule has 14 heteroatoms. The Hall–Kier alpha value is -3.45. The maximum atomic E-state index is 14.2. The van der Waals surface area contributed by atoms with Crippen molar-refractivity contribution in [3.8, 4) is 0 Å². The van der Waals surface area contributed by atoms with Crippen LogP contribution in [-0.4, -0.2) is 49.5 Å². The maximum absolute atomic E-state index is 14.2. The highest BCUT2D eigenvalue weighted by atomic mass is 19.4. The number of aromatic nitrogens is 3. The number of hydrogen-bond donors (Lipinski definition) is 0. The quantitative estimate of drug-likeness (QED) is 0.355. The number of rotatable bonds is 4. The van der Waals surface area contributed by atoms with Gasteiger partial charge < -0.3 is 14.2 Å². The topological polar surface area (TPSA) is 89.7 Å². The molecule has 2 aromatic rings. The second-order valence-corrected chi connectivity index (χ2v) is 8.77. The van der Waals surface area contributed by atoms with Crippen LogP contribution in [0, 0.1) is 17.5 Å². The van der Waals surface area contributed by atoms with E-state index >= 15 is 0 Å². The van der Waals surface area contributed by atoms with Crippen molar-refractivity contribution >= 4 is 17.7 Å². The van der Waals surface area contributed by atoms with E-state index in [0.29, 0.717) is 12.1 Å². The second-order valence-electron chi connectivity index (χ2n) is 8.77. The molecule has 0 saturated heterocycles. The van der Waals surface area contributed by atoms with Crippen LogP contribution in [0.2, 0.25) is 0 Å². The molecule has 2 heterocycles. The molecule has 1 aromatic carbocycles. The highest BCUT2D eigenvalue weighted by Crippen LogP contribution is 2.29. The molecule has 0 saturated carbocycles. The number of ether oxygens (including phenoxy) is 1. The Morgan fingerprint density at radius 2 is 1.69 bits per heavy atom.